The summed E-state index contributed by atoms with van der Waals surface area (Å²) < 4.78 is 0. The van der Waals surface area contributed by atoms with Crippen molar-refractivity contribution in [1.82, 2.24) is 5.32 Å². The summed E-state index contributed by atoms with van der Waals surface area (Å²) in [5, 5.41) is 4.35. The van der Waals surface area contributed by atoms with Gasteiger partial charge in [-0.15, -0.1) is 0 Å². The predicted molar refractivity (Wildman–Crippen MR) is 70.2 cm³/mol. The van der Waals surface area contributed by atoms with Gasteiger partial charge in [0, 0.05) is 5.02 Å². The molecule has 1 atom stereocenters. The second-order valence-corrected chi connectivity index (χ2v) is 5.25. The molecule has 2 rings (SSSR count). The first-order valence-corrected chi connectivity index (χ1v) is 6.53. The summed E-state index contributed by atoms with van der Waals surface area (Å²) in [6, 6.07) is 6.22. The van der Waals surface area contributed by atoms with Gasteiger partial charge in [0.05, 0.1) is 0 Å². The Labute approximate surface area is 103 Å². The standard InChI is InChI=1S/C14H20ClN/c1-10-4-3-5-13(15)14(10)11(2)12-6-8-16-9-7-12/h3-5,11-12,16H,6-9H2,1-2H3. The molecular formula is C14H20ClN. The summed E-state index contributed by atoms with van der Waals surface area (Å²) in [4.78, 5) is 0. The molecule has 1 saturated heterocycles. The average molecular weight is 238 g/mol. The minimum absolute atomic E-state index is 0.579. The molecule has 1 nitrogen and oxygen atoms in total. The van der Waals surface area contributed by atoms with E-state index in [4.69, 9.17) is 11.6 Å². The van der Waals surface area contributed by atoms with Crippen LogP contribution in [0.4, 0.5) is 0 Å². The van der Waals surface area contributed by atoms with E-state index in [2.05, 4.69) is 25.2 Å². The fourth-order valence-corrected chi connectivity index (χ4v) is 3.20. The minimum Gasteiger partial charge on any atom is -0.317 e. The Morgan fingerprint density at radius 1 is 1.31 bits per heavy atom. The Balaban J connectivity index is 2.22. The fraction of sp³-hybridized carbons (Fsp3) is 0.571. The van der Waals surface area contributed by atoms with Crippen molar-refractivity contribution < 1.29 is 0 Å². The Hall–Kier alpha value is -0.530. The number of benzene rings is 1. The molecule has 1 unspecified atom stereocenters. The smallest absolute Gasteiger partial charge is 0.0443 e. The van der Waals surface area contributed by atoms with Crippen molar-refractivity contribution in [2.45, 2.75) is 32.6 Å². The molecule has 0 amide bonds. The third-order valence-corrected chi connectivity index (χ3v) is 4.15. The van der Waals surface area contributed by atoms with Gasteiger partial charge in [-0.05, 0) is 61.9 Å². The van der Waals surface area contributed by atoms with Gasteiger partial charge < -0.3 is 5.32 Å². The molecule has 16 heavy (non-hydrogen) atoms. The molecule has 0 aromatic heterocycles. The van der Waals surface area contributed by atoms with Crippen molar-refractivity contribution in [3.8, 4) is 0 Å². The number of hydrogen-bond donors (Lipinski definition) is 1. The maximum Gasteiger partial charge on any atom is 0.0443 e. The molecule has 2 heteroatoms. The van der Waals surface area contributed by atoms with Crippen molar-refractivity contribution in [3.05, 3.63) is 34.3 Å². The summed E-state index contributed by atoms with van der Waals surface area (Å²) in [6.07, 6.45) is 2.54. The van der Waals surface area contributed by atoms with E-state index in [9.17, 15) is 0 Å². The predicted octanol–water partition coefficient (Wildman–Crippen LogP) is 3.75. The molecule has 88 valence electrons. The van der Waals surface area contributed by atoms with E-state index < -0.39 is 0 Å². The average Bonchev–Trinajstić information content (AvgIpc) is 2.30. The monoisotopic (exact) mass is 237 g/mol. The van der Waals surface area contributed by atoms with Crippen LogP contribution in [0, 0.1) is 12.8 Å². The van der Waals surface area contributed by atoms with E-state index in [1.807, 2.05) is 12.1 Å². The number of aryl methyl sites for hydroxylation is 1. The largest absolute Gasteiger partial charge is 0.317 e. The van der Waals surface area contributed by atoms with Crippen LogP contribution in [-0.4, -0.2) is 13.1 Å². The minimum atomic E-state index is 0.579. The molecule has 1 aromatic carbocycles. The molecule has 0 bridgehead atoms. The lowest BCUT2D eigenvalue weighted by atomic mass is 9.80. The number of rotatable bonds is 2. The first-order chi connectivity index (χ1) is 7.70. The van der Waals surface area contributed by atoms with E-state index in [0.717, 1.165) is 24.0 Å². The Bertz CT molecular complexity index is 336. The SMILES string of the molecule is Cc1cccc(Cl)c1C(C)C1CCNCC1. The molecule has 0 spiro atoms. The van der Waals surface area contributed by atoms with E-state index in [-0.39, 0.29) is 0 Å². The topological polar surface area (TPSA) is 12.0 Å². The molecule has 1 aliphatic rings. The molecule has 1 fully saturated rings. The van der Waals surface area contributed by atoms with Crippen LogP contribution in [0.3, 0.4) is 0 Å². The number of nitrogens with one attached hydrogen (secondary N) is 1. The molecule has 0 saturated carbocycles. The van der Waals surface area contributed by atoms with Gasteiger partial charge in [-0.25, -0.2) is 0 Å². The van der Waals surface area contributed by atoms with Gasteiger partial charge >= 0.3 is 0 Å². The third kappa shape index (κ3) is 2.41. The number of hydrogen-bond acceptors (Lipinski definition) is 1. The quantitative estimate of drug-likeness (QED) is 0.826. The molecule has 1 aliphatic heterocycles. The van der Waals surface area contributed by atoms with Crippen LogP contribution in [0.2, 0.25) is 5.02 Å². The van der Waals surface area contributed by atoms with Crippen LogP contribution < -0.4 is 5.32 Å². The van der Waals surface area contributed by atoms with Gasteiger partial charge in [0.25, 0.3) is 0 Å². The van der Waals surface area contributed by atoms with Gasteiger partial charge in [-0.3, -0.25) is 0 Å². The van der Waals surface area contributed by atoms with Crippen LogP contribution in [0.5, 0.6) is 0 Å². The fourth-order valence-electron chi connectivity index (χ4n) is 2.80. The molecule has 0 radical (unpaired) electrons. The van der Waals surface area contributed by atoms with Crippen LogP contribution >= 0.6 is 11.6 Å². The highest BCUT2D eigenvalue weighted by molar-refractivity contribution is 6.31. The zero-order valence-electron chi connectivity index (χ0n) is 10.1. The van der Waals surface area contributed by atoms with Crippen LogP contribution in [0.15, 0.2) is 18.2 Å². The highest BCUT2D eigenvalue weighted by Crippen LogP contribution is 2.36. The van der Waals surface area contributed by atoms with Gasteiger partial charge in [-0.2, -0.15) is 0 Å². The molecular weight excluding hydrogens is 218 g/mol. The van der Waals surface area contributed by atoms with Crippen LogP contribution in [0.1, 0.15) is 36.8 Å². The molecule has 1 aromatic rings. The van der Waals surface area contributed by atoms with Crippen molar-refractivity contribution in [1.29, 1.82) is 0 Å². The zero-order chi connectivity index (χ0) is 11.5. The summed E-state index contributed by atoms with van der Waals surface area (Å²) in [5.41, 5.74) is 2.69. The van der Waals surface area contributed by atoms with E-state index in [0.29, 0.717) is 5.92 Å². The molecule has 1 N–H and O–H groups in total. The normalized spacial score (nSPS) is 19.7. The first kappa shape index (κ1) is 11.9. The van der Waals surface area contributed by atoms with Crippen molar-refractivity contribution >= 4 is 11.6 Å². The van der Waals surface area contributed by atoms with Crippen molar-refractivity contribution in [2.75, 3.05) is 13.1 Å². The Morgan fingerprint density at radius 3 is 2.62 bits per heavy atom. The van der Waals surface area contributed by atoms with E-state index in [1.165, 1.54) is 24.0 Å². The van der Waals surface area contributed by atoms with Crippen LogP contribution in [0.25, 0.3) is 0 Å². The lowest BCUT2D eigenvalue weighted by molar-refractivity contribution is 0.330. The number of piperidine rings is 1. The summed E-state index contributed by atoms with van der Waals surface area (Å²) in [5.74, 6) is 1.36. The van der Waals surface area contributed by atoms with Gasteiger partial charge in [-0.1, -0.05) is 30.7 Å². The van der Waals surface area contributed by atoms with Gasteiger partial charge in [0.15, 0.2) is 0 Å². The summed E-state index contributed by atoms with van der Waals surface area (Å²) in [7, 11) is 0. The second-order valence-electron chi connectivity index (χ2n) is 4.85. The lowest BCUT2D eigenvalue weighted by Crippen LogP contribution is -2.30. The lowest BCUT2D eigenvalue weighted by Gasteiger charge is -2.30. The zero-order valence-corrected chi connectivity index (χ0v) is 10.8. The summed E-state index contributed by atoms with van der Waals surface area (Å²) in [6.45, 7) is 6.79. The van der Waals surface area contributed by atoms with Gasteiger partial charge in [0.2, 0.25) is 0 Å². The van der Waals surface area contributed by atoms with E-state index in [1.54, 1.807) is 0 Å². The Morgan fingerprint density at radius 2 is 2.00 bits per heavy atom. The Kier molecular flexibility index (Phi) is 3.88. The first-order valence-electron chi connectivity index (χ1n) is 6.16. The molecule has 0 aliphatic carbocycles. The maximum atomic E-state index is 6.33. The highest BCUT2D eigenvalue weighted by Gasteiger charge is 2.23. The third-order valence-electron chi connectivity index (χ3n) is 3.82. The van der Waals surface area contributed by atoms with Gasteiger partial charge in [0.1, 0.15) is 0 Å². The highest BCUT2D eigenvalue weighted by atomic mass is 35.5. The van der Waals surface area contributed by atoms with Crippen molar-refractivity contribution in [3.63, 3.8) is 0 Å². The second kappa shape index (κ2) is 5.20. The van der Waals surface area contributed by atoms with Crippen LogP contribution in [-0.2, 0) is 0 Å². The van der Waals surface area contributed by atoms with E-state index >= 15 is 0 Å². The molecule has 1 heterocycles. The summed E-state index contributed by atoms with van der Waals surface area (Å²) >= 11 is 6.33. The van der Waals surface area contributed by atoms with Crippen molar-refractivity contribution in [2.24, 2.45) is 5.92 Å². The number of halogens is 1. The maximum absolute atomic E-state index is 6.33.